The highest BCUT2D eigenvalue weighted by Crippen LogP contribution is 2.16. The standard InChI is InChI=1S/C18H29N7O.ClH/c1-3-4-10-25-17(14(2)12-20-25)21-18(26)16-13-24(23-22-16)11-8-15-7-5-6-9-19-15;/h12-13,15,19H,3-11H2,1-2H3,(H,21,26);1H. The molecule has 2 aromatic heterocycles. The van der Waals surface area contributed by atoms with Crippen molar-refractivity contribution in [3.8, 4) is 0 Å². The van der Waals surface area contributed by atoms with E-state index in [2.05, 4.69) is 33.0 Å². The van der Waals surface area contributed by atoms with Crippen LogP contribution >= 0.6 is 12.4 Å². The van der Waals surface area contributed by atoms with E-state index in [0.717, 1.165) is 50.3 Å². The van der Waals surface area contributed by atoms with Crippen LogP contribution in [0.1, 0.15) is 61.5 Å². The predicted molar refractivity (Wildman–Crippen MR) is 107 cm³/mol. The minimum atomic E-state index is -0.242. The van der Waals surface area contributed by atoms with Crippen LogP contribution in [0.4, 0.5) is 5.82 Å². The molecule has 1 unspecified atom stereocenters. The smallest absolute Gasteiger partial charge is 0.278 e. The quantitative estimate of drug-likeness (QED) is 0.717. The topological polar surface area (TPSA) is 89.7 Å². The van der Waals surface area contributed by atoms with Gasteiger partial charge in [-0.25, -0.2) is 4.68 Å². The Kier molecular flexibility index (Phi) is 8.24. The molecule has 0 radical (unpaired) electrons. The second-order valence-electron chi connectivity index (χ2n) is 7.01. The number of aromatic nitrogens is 5. The predicted octanol–water partition coefficient (Wildman–Crippen LogP) is 2.79. The first-order valence-corrected chi connectivity index (χ1v) is 9.64. The number of unbranched alkanes of at least 4 members (excludes halogenated alkanes) is 1. The lowest BCUT2D eigenvalue weighted by molar-refractivity contribution is 0.102. The van der Waals surface area contributed by atoms with Gasteiger partial charge in [0, 0.05) is 24.7 Å². The average molecular weight is 396 g/mol. The Hall–Kier alpha value is -1.93. The van der Waals surface area contributed by atoms with Crippen LogP contribution in [-0.2, 0) is 13.1 Å². The molecule has 2 aromatic rings. The van der Waals surface area contributed by atoms with Gasteiger partial charge in [0.05, 0.1) is 12.4 Å². The van der Waals surface area contributed by atoms with Gasteiger partial charge >= 0.3 is 0 Å². The van der Waals surface area contributed by atoms with Gasteiger partial charge in [0.25, 0.3) is 5.91 Å². The molecule has 3 heterocycles. The lowest BCUT2D eigenvalue weighted by Gasteiger charge is -2.23. The summed E-state index contributed by atoms with van der Waals surface area (Å²) in [6.45, 7) is 6.74. The van der Waals surface area contributed by atoms with Crippen LogP contribution in [0.3, 0.4) is 0 Å². The van der Waals surface area contributed by atoms with E-state index in [-0.39, 0.29) is 18.3 Å². The van der Waals surface area contributed by atoms with E-state index in [9.17, 15) is 4.79 Å². The fraction of sp³-hybridized carbons (Fsp3) is 0.667. The molecule has 27 heavy (non-hydrogen) atoms. The Morgan fingerprint density at radius 2 is 2.22 bits per heavy atom. The summed E-state index contributed by atoms with van der Waals surface area (Å²) < 4.78 is 3.60. The number of carbonyl (C=O) groups is 1. The molecule has 1 aliphatic heterocycles. The zero-order chi connectivity index (χ0) is 18.4. The number of piperidine rings is 1. The van der Waals surface area contributed by atoms with Crippen molar-refractivity contribution >= 4 is 24.1 Å². The number of hydrogen-bond acceptors (Lipinski definition) is 5. The molecule has 0 bridgehead atoms. The van der Waals surface area contributed by atoms with Crippen molar-refractivity contribution in [1.29, 1.82) is 0 Å². The molecule has 0 aromatic carbocycles. The van der Waals surface area contributed by atoms with Gasteiger partial charge in [-0.1, -0.05) is 25.0 Å². The molecule has 150 valence electrons. The Morgan fingerprint density at radius 1 is 1.37 bits per heavy atom. The second-order valence-corrected chi connectivity index (χ2v) is 7.01. The Morgan fingerprint density at radius 3 is 2.96 bits per heavy atom. The summed E-state index contributed by atoms with van der Waals surface area (Å²) in [7, 11) is 0. The third-order valence-electron chi connectivity index (χ3n) is 4.87. The summed E-state index contributed by atoms with van der Waals surface area (Å²) in [5, 5.41) is 18.9. The van der Waals surface area contributed by atoms with Crippen LogP contribution in [0.2, 0.25) is 0 Å². The highest BCUT2D eigenvalue weighted by atomic mass is 35.5. The SMILES string of the molecule is CCCCn1ncc(C)c1NC(=O)c1cn(CCC2CCCCN2)nn1.Cl. The number of aryl methyl sites for hydroxylation is 3. The summed E-state index contributed by atoms with van der Waals surface area (Å²) in [5.74, 6) is 0.498. The highest BCUT2D eigenvalue weighted by Gasteiger charge is 2.17. The van der Waals surface area contributed by atoms with Crippen LogP contribution in [0.5, 0.6) is 0 Å². The van der Waals surface area contributed by atoms with E-state index < -0.39 is 0 Å². The van der Waals surface area contributed by atoms with Crippen molar-refractivity contribution in [3.05, 3.63) is 23.7 Å². The monoisotopic (exact) mass is 395 g/mol. The van der Waals surface area contributed by atoms with Crippen LogP contribution in [-0.4, -0.2) is 43.3 Å². The molecule has 1 amide bonds. The molecular weight excluding hydrogens is 366 g/mol. The van der Waals surface area contributed by atoms with Crippen LogP contribution < -0.4 is 10.6 Å². The zero-order valence-corrected chi connectivity index (χ0v) is 17.0. The van der Waals surface area contributed by atoms with Gasteiger partial charge in [0.2, 0.25) is 0 Å². The minimum Gasteiger partial charge on any atom is -0.314 e. The maximum Gasteiger partial charge on any atom is 0.278 e. The number of rotatable bonds is 8. The lowest BCUT2D eigenvalue weighted by Crippen LogP contribution is -2.34. The molecule has 2 N–H and O–H groups in total. The van der Waals surface area contributed by atoms with E-state index in [4.69, 9.17) is 0 Å². The fourth-order valence-electron chi connectivity index (χ4n) is 3.26. The van der Waals surface area contributed by atoms with Crippen molar-refractivity contribution in [2.24, 2.45) is 0 Å². The van der Waals surface area contributed by atoms with Crippen molar-refractivity contribution in [2.75, 3.05) is 11.9 Å². The highest BCUT2D eigenvalue weighted by molar-refractivity contribution is 6.02. The van der Waals surface area contributed by atoms with E-state index in [1.807, 2.05) is 11.6 Å². The third kappa shape index (κ3) is 5.77. The van der Waals surface area contributed by atoms with Gasteiger partial charge in [0.1, 0.15) is 5.82 Å². The van der Waals surface area contributed by atoms with Crippen LogP contribution in [0.15, 0.2) is 12.4 Å². The number of hydrogen-bond donors (Lipinski definition) is 2. The summed E-state index contributed by atoms with van der Waals surface area (Å²) >= 11 is 0. The third-order valence-corrected chi connectivity index (χ3v) is 4.87. The first kappa shape index (κ1) is 21.4. The molecule has 3 rings (SSSR count). The second kappa shape index (κ2) is 10.4. The molecule has 1 aliphatic rings. The van der Waals surface area contributed by atoms with E-state index in [1.165, 1.54) is 19.3 Å². The van der Waals surface area contributed by atoms with Gasteiger partial charge in [-0.3, -0.25) is 9.48 Å². The number of amides is 1. The number of nitrogens with one attached hydrogen (secondary N) is 2. The molecule has 9 heteroatoms. The number of anilines is 1. The number of carbonyl (C=O) groups excluding carboxylic acids is 1. The van der Waals surface area contributed by atoms with E-state index in [0.29, 0.717) is 11.7 Å². The van der Waals surface area contributed by atoms with Crippen LogP contribution in [0.25, 0.3) is 0 Å². The first-order chi connectivity index (χ1) is 12.7. The summed E-state index contributed by atoms with van der Waals surface area (Å²) in [5.41, 5.74) is 1.29. The number of halogens is 1. The minimum absolute atomic E-state index is 0. The molecule has 0 saturated carbocycles. The van der Waals surface area contributed by atoms with Crippen molar-refractivity contribution in [2.45, 2.75) is 71.5 Å². The lowest BCUT2D eigenvalue weighted by atomic mass is 10.0. The Balaban J connectivity index is 0.00000261. The summed E-state index contributed by atoms with van der Waals surface area (Å²) in [6.07, 6.45) is 10.4. The largest absolute Gasteiger partial charge is 0.314 e. The molecule has 1 saturated heterocycles. The van der Waals surface area contributed by atoms with Gasteiger partial charge < -0.3 is 10.6 Å². The van der Waals surface area contributed by atoms with Gasteiger partial charge in [-0.15, -0.1) is 17.5 Å². The normalized spacial score (nSPS) is 16.7. The van der Waals surface area contributed by atoms with Gasteiger partial charge in [0.15, 0.2) is 5.69 Å². The molecule has 0 spiro atoms. The van der Waals surface area contributed by atoms with Gasteiger partial charge in [-0.2, -0.15) is 5.10 Å². The molecule has 1 atom stereocenters. The molecular formula is C18H30ClN7O. The first-order valence-electron chi connectivity index (χ1n) is 9.64. The van der Waals surface area contributed by atoms with Crippen molar-refractivity contribution in [3.63, 3.8) is 0 Å². The number of nitrogens with zero attached hydrogens (tertiary/aromatic N) is 5. The fourth-order valence-corrected chi connectivity index (χ4v) is 3.26. The molecule has 0 aliphatic carbocycles. The maximum absolute atomic E-state index is 12.5. The van der Waals surface area contributed by atoms with Crippen molar-refractivity contribution < 1.29 is 4.79 Å². The zero-order valence-electron chi connectivity index (χ0n) is 16.1. The van der Waals surface area contributed by atoms with Gasteiger partial charge in [-0.05, 0) is 39.2 Å². The van der Waals surface area contributed by atoms with E-state index in [1.54, 1.807) is 17.1 Å². The van der Waals surface area contributed by atoms with Crippen molar-refractivity contribution in [1.82, 2.24) is 30.1 Å². The van der Waals surface area contributed by atoms with Crippen LogP contribution in [0, 0.1) is 6.92 Å². The molecule has 8 nitrogen and oxygen atoms in total. The maximum atomic E-state index is 12.5. The molecule has 1 fully saturated rings. The average Bonchev–Trinajstić information content (AvgIpc) is 3.27. The summed E-state index contributed by atoms with van der Waals surface area (Å²) in [6, 6.07) is 0.542. The summed E-state index contributed by atoms with van der Waals surface area (Å²) in [4.78, 5) is 12.5. The van der Waals surface area contributed by atoms with E-state index >= 15 is 0 Å². The Bertz CT molecular complexity index is 721. The Labute approximate surface area is 166 Å².